The van der Waals surface area contributed by atoms with Crippen molar-refractivity contribution >= 4 is 50.7 Å². The van der Waals surface area contributed by atoms with E-state index < -0.39 is 0 Å². The molecule has 5 nitrogen and oxygen atoms in total. The number of fused-ring (bicyclic) bond motifs is 1. The van der Waals surface area contributed by atoms with E-state index in [2.05, 4.69) is 4.99 Å². The van der Waals surface area contributed by atoms with E-state index in [-0.39, 0.29) is 5.91 Å². The first kappa shape index (κ1) is 22.6. The Kier molecular flexibility index (Phi) is 7.27. The number of carbonyl (C=O) groups excluding carboxylic acids is 1. The lowest BCUT2D eigenvalue weighted by Crippen LogP contribution is -2.20. The Balaban J connectivity index is 1.70. The Labute approximate surface area is 199 Å². The highest BCUT2D eigenvalue weighted by molar-refractivity contribution is 7.16. The number of hydrogen-bond donors (Lipinski definition) is 0. The molecule has 4 rings (SSSR count). The van der Waals surface area contributed by atoms with Crippen LogP contribution in [0.5, 0.6) is 11.5 Å². The van der Waals surface area contributed by atoms with E-state index in [1.807, 2.05) is 47.9 Å². The largest absolute Gasteiger partial charge is 0.457 e. The van der Waals surface area contributed by atoms with Crippen molar-refractivity contribution in [2.45, 2.75) is 13.5 Å². The highest BCUT2D eigenvalue weighted by atomic mass is 35.5. The summed E-state index contributed by atoms with van der Waals surface area (Å²) in [6, 6.07) is 19.9. The van der Waals surface area contributed by atoms with E-state index in [1.54, 1.807) is 30.3 Å². The molecule has 0 fully saturated rings. The number of hydrogen-bond acceptors (Lipinski definition) is 4. The van der Waals surface area contributed by atoms with Crippen LogP contribution in [0.2, 0.25) is 10.0 Å². The van der Waals surface area contributed by atoms with E-state index in [0.717, 1.165) is 10.2 Å². The third-order valence-corrected chi connectivity index (χ3v) is 6.15. The van der Waals surface area contributed by atoms with Gasteiger partial charge in [-0.25, -0.2) is 0 Å². The second kappa shape index (κ2) is 10.3. The highest BCUT2D eigenvalue weighted by Gasteiger charge is 2.13. The number of carbonyl (C=O) groups is 1. The highest BCUT2D eigenvalue weighted by Crippen LogP contribution is 2.30. The van der Waals surface area contributed by atoms with E-state index in [9.17, 15) is 4.79 Å². The Bertz CT molecular complexity index is 1320. The fourth-order valence-corrected chi connectivity index (χ4v) is 5.03. The Morgan fingerprint density at radius 3 is 2.59 bits per heavy atom. The maximum absolute atomic E-state index is 13.0. The van der Waals surface area contributed by atoms with Crippen LogP contribution < -0.4 is 9.54 Å². The molecule has 0 saturated heterocycles. The molecular weight excluding hydrogens is 467 g/mol. The summed E-state index contributed by atoms with van der Waals surface area (Å²) < 4.78 is 14.1. The number of ether oxygens (including phenoxy) is 2. The van der Waals surface area contributed by atoms with Crippen LogP contribution in [0.15, 0.2) is 71.7 Å². The van der Waals surface area contributed by atoms with Crippen molar-refractivity contribution in [3.63, 3.8) is 0 Å². The predicted molar refractivity (Wildman–Crippen MR) is 129 cm³/mol. The standard InChI is InChI=1S/C24H20Cl2N2O3S/c1-2-30-12-11-28-22-20(26)14-17(25)15-21(22)32-24(28)27-23(29)16-7-6-10-19(13-16)31-18-8-4-3-5-9-18/h3-10,13-15H,2,11-12H2,1H3. The van der Waals surface area contributed by atoms with E-state index >= 15 is 0 Å². The predicted octanol–water partition coefficient (Wildman–Crippen LogP) is 6.58. The van der Waals surface area contributed by atoms with Gasteiger partial charge >= 0.3 is 0 Å². The van der Waals surface area contributed by atoms with Crippen LogP contribution in [-0.4, -0.2) is 23.7 Å². The molecule has 164 valence electrons. The average molecular weight is 487 g/mol. The monoisotopic (exact) mass is 486 g/mol. The van der Waals surface area contributed by atoms with Gasteiger partial charge in [-0.2, -0.15) is 4.99 Å². The van der Waals surface area contributed by atoms with Crippen molar-refractivity contribution in [2.75, 3.05) is 13.2 Å². The molecule has 0 bridgehead atoms. The molecule has 0 radical (unpaired) electrons. The zero-order valence-corrected chi connectivity index (χ0v) is 19.6. The number of amides is 1. The number of aromatic nitrogens is 1. The molecule has 0 saturated carbocycles. The Hall–Kier alpha value is -2.64. The van der Waals surface area contributed by atoms with Crippen molar-refractivity contribution in [1.82, 2.24) is 4.57 Å². The molecule has 1 aromatic heterocycles. The summed E-state index contributed by atoms with van der Waals surface area (Å²) in [4.78, 5) is 17.9. The smallest absolute Gasteiger partial charge is 0.279 e. The Morgan fingerprint density at radius 1 is 1.03 bits per heavy atom. The van der Waals surface area contributed by atoms with Gasteiger partial charge in [0.15, 0.2) is 4.80 Å². The number of para-hydroxylation sites is 1. The fraction of sp³-hybridized carbons (Fsp3) is 0.167. The molecule has 1 heterocycles. The van der Waals surface area contributed by atoms with Crippen LogP contribution >= 0.6 is 34.5 Å². The lowest BCUT2D eigenvalue weighted by Gasteiger charge is -2.07. The maximum Gasteiger partial charge on any atom is 0.279 e. The summed E-state index contributed by atoms with van der Waals surface area (Å²) >= 11 is 14.0. The van der Waals surface area contributed by atoms with Crippen LogP contribution in [0.3, 0.4) is 0 Å². The molecule has 0 aliphatic carbocycles. The van der Waals surface area contributed by atoms with Crippen molar-refractivity contribution in [2.24, 2.45) is 4.99 Å². The minimum atomic E-state index is -0.373. The summed E-state index contributed by atoms with van der Waals surface area (Å²) in [5, 5.41) is 1.04. The lowest BCUT2D eigenvalue weighted by molar-refractivity contribution is 0.0996. The van der Waals surface area contributed by atoms with Gasteiger partial charge in [0.05, 0.1) is 21.8 Å². The van der Waals surface area contributed by atoms with Gasteiger partial charge in [-0.3, -0.25) is 4.79 Å². The molecule has 0 aliphatic heterocycles. The number of halogens is 2. The normalized spacial score (nSPS) is 11.8. The average Bonchev–Trinajstić information content (AvgIpc) is 3.12. The number of nitrogens with zero attached hydrogens (tertiary/aromatic N) is 2. The summed E-state index contributed by atoms with van der Waals surface area (Å²) in [6.45, 7) is 3.52. The molecule has 4 aromatic rings. The third kappa shape index (κ3) is 5.22. The quantitative estimate of drug-likeness (QED) is 0.277. The fourth-order valence-electron chi connectivity index (χ4n) is 3.19. The first-order chi connectivity index (χ1) is 15.5. The third-order valence-electron chi connectivity index (χ3n) is 4.62. The van der Waals surface area contributed by atoms with Crippen LogP contribution in [0.1, 0.15) is 17.3 Å². The number of rotatable bonds is 7. The van der Waals surface area contributed by atoms with Gasteiger partial charge in [0.2, 0.25) is 0 Å². The molecule has 0 N–H and O–H groups in total. The number of thiazole rings is 1. The molecule has 0 atom stereocenters. The molecular formula is C24H20Cl2N2O3S. The second-order valence-electron chi connectivity index (χ2n) is 6.83. The van der Waals surface area contributed by atoms with Crippen molar-refractivity contribution in [3.05, 3.63) is 87.1 Å². The van der Waals surface area contributed by atoms with E-state index in [4.69, 9.17) is 32.7 Å². The molecule has 0 aliphatic rings. The van der Waals surface area contributed by atoms with Crippen molar-refractivity contribution < 1.29 is 14.3 Å². The molecule has 1 amide bonds. The van der Waals surface area contributed by atoms with E-state index in [1.165, 1.54) is 11.3 Å². The van der Waals surface area contributed by atoms with Crippen molar-refractivity contribution in [1.29, 1.82) is 0 Å². The molecule has 32 heavy (non-hydrogen) atoms. The first-order valence-electron chi connectivity index (χ1n) is 10.0. The van der Waals surface area contributed by atoms with Gasteiger partial charge in [-0.15, -0.1) is 0 Å². The molecule has 0 spiro atoms. The zero-order chi connectivity index (χ0) is 22.5. The number of benzene rings is 3. The summed E-state index contributed by atoms with van der Waals surface area (Å²) in [6.07, 6.45) is 0. The Morgan fingerprint density at radius 2 is 1.81 bits per heavy atom. The minimum Gasteiger partial charge on any atom is -0.457 e. The van der Waals surface area contributed by atoms with Gasteiger partial charge in [0.1, 0.15) is 11.5 Å². The van der Waals surface area contributed by atoms with Gasteiger partial charge < -0.3 is 14.0 Å². The van der Waals surface area contributed by atoms with E-state index in [0.29, 0.717) is 51.7 Å². The van der Waals surface area contributed by atoms with Gasteiger partial charge in [0.25, 0.3) is 5.91 Å². The van der Waals surface area contributed by atoms with Crippen LogP contribution in [0, 0.1) is 0 Å². The zero-order valence-electron chi connectivity index (χ0n) is 17.3. The van der Waals surface area contributed by atoms with Crippen molar-refractivity contribution in [3.8, 4) is 11.5 Å². The maximum atomic E-state index is 13.0. The van der Waals surface area contributed by atoms with Gasteiger partial charge in [-0.05, 0) is 49.4 Å². The topological polar surface area (TPSA) is 52.8 Å². The lowest BCUT2D eigenvalue weighted by atomic mass is 10.2. The van der Waals surface area contributed by atoms with Crippen LogP contribution in [-0.2, 0) is 11.3 Å². The first-order valence-corrected chi connectivity index (χ1v) is 11.6. The van der Waals surface area contributed by atoms with Gasteiger partial charge in [0, 0.05) is 23.7 Å². The van der Waals surface area contributed by atoms with Crippen LogP contribution in [0.25, 0.3) is 10.2 Å². The molecule has 8 heteroatoms. The van der Waals surface area contributed by atoms with Gasteiger partial charge in [-0.1, -0.05) is 58.8 Å². The summed E-state index contributed by atoms with van der Waals surface area (Å²) in [5.41, 5.74) is 1.21. The second-order valence-corrected chi connectivity index (χ2v) is 8.68. The van der Waals surface area contributed by atoms with Crippen LogP contribution in [0.4, 0.5) is 0 Å². The summed E-state index contributed by atoms with van der Waals surface area (Å²) in [5.74, 6) is 0.883. The molecule has 3 aromatic carbocycles. The minimum absolute atomic E-state index is 0.373. The molecule has 0 unspecified atom stereocenters. The SMILES string of the molecule is CCOCCn1c(=NC(=O)c2cccc(Oc3ccccc3)c2)sc2cc(Cl)cc(Cl)c21. The summed E-state index contributed by atoms with van der Waals surface area (Å²) in [7, 11) is 0.